The van der Waals surface area contributed by atoms with Gasteiger partial charge in [0.2, 0.25) is 0 Å². The van der Waals surface area contributed by atoms with Gasteiger partial charge in [0.25, 0.3) is 0 Å². The van der Waals surface area contributed by atoms with Crippen molar-refractivity contribution in [2.75, 3.05) is 13.7 Å². The van der Waals surface area contributed by atoms with Gasteiger partial charge in [-0.15, -0.1) is 0 Å². The average Bonchev–Trinajstić information content (AvgIpc) is 3.04. The molecule has 0 N–H and O–H groups in total. The Labute approximate surface area is 150 Å². The van der Waals surface area contributed by atoms with Gasteiger partial charge in [-0.2, -0.15) is 0 Å². The molecule has 3 atom stereocenters. The van der Waals surface area contributed by atoms with Gasteiger partial charge in [-0.3, -0.25) is 4.90 Å². The lowest BCUT2D eigenvalue weighted by atomic mass is 9.79. The van der Waals surface area contributed by atoms with Crippen LogP contribution < -0.4 is 4.74 Å². The van der Waals surface area contributed by atoms with E-state index in [0.717, 1.165) is 11.7 Å². The lowest BCUT2D eigenvalue weighted by molar-refractivity contribution is 0.0573. The SMILES string of the molecule is COc1ccc2c(c1)[C@H](N1C[C@@H]3CC[C@H]1Cc1ccccc1C3)CC2. The predicted molar refractivity (Wildman–Crippen MR) is 101 cm³/mol. The summed E-state index contributed by atoms with van der Waals surface area (Å²) in [7, 11) is 1.78. The largest absolute Gasteiger partial charge is 0.497 e. The molecule has 2 nitrogen and oxygen atoms in total. The Bertz CT molecular complexity index is 783. The monoisotopic (exact) mass is 333 g/mol. The van der Waals surface area contributed by atoms with Crippen molar-refractivity contribution >= 4 is 0 Å². The first-order chi connectivity index (χ1) is 12.3. The summed E-state index contributed by atoms with van der Waals surface area (Å²) in [4.78, 5) is 2.86. The summed E-state index contributed by atoms with van der Waals surface area (Å²) >= 11 is 0. The highest BCUT2D eigenvalue weighted by Gasteiger charge is 2.38. The van der Waals surface area contributed by atoms with Crippen LogP contribution in [0.25, 0.3) is 0 Å². The molecule has 2 aliphatic carbocycles. The van der Waals surface area contributed by atoms with Gasteiger partial charge in [-0.05, 0) is 78.8 Å². The second-order valence-electron chi connectivity index (χ2n) is 8.09. The van der Waals surface area contributed by atoms with Gasteiger partial charge in [0.15, 0.2) is 0 Å². The molecule has 0 spiro atoms. The Balaban J connectivity index is 1.49. The smallest absolute Gasteiger partial charge is 0.119 e. The van der Waals surface area contributed by atoms with Gasteiger partial charge >= 0.3 is 0 Å². The first kappa shape index (κ1) is 15.5. The highest BCUT2D eigenvalue weighted by atomic mass is 16.5. The zero-order chi connectivity index (χ0) is 16.8. The molecule has 1 saturated heterocycles. The van der Waals surface area contributed by atoms with E-state index in [1.54, 1.807) is 18.2 Å². The first-order valence-electron chi connectivity index (χ1n) is 9.81. The van der Waals surface area contributed by atoms with Crippen LogP contribution in [0.15, 0.2) is 42.5 Å². The number of piperidine rings is 1. The fourth-order valence-corrected chi connectivity index (χ4v) is 5.45. The second kappa shape index (κ2) is 6.17. The summed E-state index contributed by atoms with van der Waals surface area (Å²) < 4.78 is 5.51. The van der Waals surface area contributed by atoms with Crippen LogP contribution in [-0.4, -0.2) is 24.6 Å². The number of fused-ring (bicyclic) bond motifs is 3. The predicted octanol–water partition coefficient (Wildman–Crippen LogP) is 4.56. The number of rotatable bonds is 2. The van der Waals surface area contributed by atoms with Gasteiger partial charge in [-0.1, -0.05) is 30.3 Å². The number of nitrogens with zero attached hydrogens (tertiary/aromatic N) is 1. The summed E-state index contributed by atoms with van der Waals surface area (Å²) in [6, 6.07) is 17.1. The molecule has 0 radical (unpaired) electrons. The molecule has 2 aromatic rings. The van der Waals surface area contributed by atoms with Crippen LogP contribution in [0.5, 0.6) is 5.75 Å². The van der Waals surface area contributed by atoms with E-state index >= 15 is 0 Å². The van der Waals surface area contributed by atoms with E-state index < -0.39 is 0 Å². The van der Waals surface area contributed by atoms with Crippen LogP contribution in [0.4, 0.5) is 0 Å². The van der Waals surface area contributed by atoms with Crippen LogP contribution in [0.3, 0.4) is 0 Å². The van der Waals surface area contributed by atoms with E-state index in [-0.39, 0.29) is 0 Å². The maximum absolute atomic E-state index is 5.51. The topological polar surface area (TPSA) is 12.5 Å². The van der Waals surface area contributed by atoms with Crippen molar-refractivity contribution in [1.29, 1.82) is 0 Å². The molecule has 0 saturated carbocycles. The molecule has 2 aromatic carbocycles. The third-order valence-electron chi connectivity index (χ3n) is 6.73. The average molecular weight is 333 g/mol. The molecule has 2 bridgehead atoms. The van der Waals surface area contributed by atoms with E-state index in [1.807, 2.05) is 0 Å². The van der Waals surface area contributed by atoms with Crippen LogP contribution >= 0.6 is 0 Å². The molecular weight excluding hydrogens is 306 g/mol. The molecule has 4 aliphatic rings. The molecule has 2 aliphatic heterocycles. The fraction of sp³-hybridized carbons (Fsp3) is 0.478. The summed E-state index contributed by atoms with van der Waals surface area (Å²) in [5, 5.41) is 0. The zero-order valence-corrected chi connectivity index (χ0v) is 15.1. The zero-order valence-electron chi connectivity index (χ0n) is 15.1. The standard InChI is InChI=1S/C23H27NO/c1-25-21-10-7-17-8-11-23(22(17)14-21)24-15-16-6-9-20(24)13-19-5-3-2-4-18(19)12-16/h2-5,7,10,14,16,20,23H,6,8-9,11-13,15H2,1H3/t16-,20+,23-/m1/s1. The molecular formula is C23H27NO. The number of ether oxygens (including phenoxy) is 1. The van der Waals surface area contributed by atoms with Crippen molar-refractivity contribution < 1.29 is 4.74 Å². The molecule has 6 rings (SSSR count). The lowest BCUT2D eigenvalue weighted by Gasteiger charge is -2.45. The minimum absolute atomic E-state index is 0.586. The van der Waals surface area contributed by atoms with Crippen molar-refractivity contribution in [3.05, 3.63) is 64.7 Å². The molecule has 25 heavy (non-hydrogen) atoms. The van der Waals surface area contributed by atoms with Crippen LogP contribution in [0.1, 0.15) is 47.6 Å². The van der Waals surface area contributed by atoms with E-state index in [1.165, 1.54) is 56.2 Å². The van der Waals surface area contributed by atoms with Gasteiger partial charge in [-0.25, -0.2) is 0 Å². The normalized spacial score (nSPS) is 28.1. The fourth-order valence-electron chi connectivity index (χ4n) is 5.45. The van der Waals surface area contributed by atoms with Crippen molar-refractivity contribution in [2.24, 2.45) is 5.92 Å². The molecule has 0 amide bonds. The van der Waals surface area contributed by atoms with E-state index in [2.05, 4.69) is 47.4 Å². The van der Waals surface area contributed by atoms with E-state index in [4.69, 9.17) is 4.74 Å². The van der Waals surface area contributed by atoms with E-state index in [0.29, 0.717) is 12.1 Å². The van der Waals surface area contributed by atoms with Crippen molar-refractivity contribution in [3.63, 3.8) is 0 Å². The highest BCUT2D eigenvalue weighted by Crippen LogP contribution is 2.43. The Hall–Kier alpha value is -1.80. The minimum Gasteiger partial charge on any atom is -0.497 e. The third kappa shape index (κ3) is 2.67. The van der Waals surface area contributed by atoms with Crippen LogP contribution in [-0.2, 0) is 19.3 Å². The molecule has 0 aromatic heterocycles. The summed E-state index contributed by atoms with van der Waals surface area (Å²) in [6.45, 7) is 1.26. The molecule has 130 valence electrons. The Morgan fingerprint density at radius 1 is 0.920 bits per heavy atom. The van der Waals surface area contributed by atoms with Crippen molar-refractivity contribution in [3.8, 4) is 5.75 Å². The summed E-state index contributed by atoms with van der Waals surface area (Å²) in [5.41, 5.74) is 6.25. The Kier molecular flexibility index (Phi) is 3.82. The van der Waals surface area contributed by atoms with E-state index in [9.17, 15) is 0 Å². The van der Waals surface area contributed by atoms with Gasteiger partial charge < -0.3 is 4.74 Å². The van der Waals surface area contributed by atoms with Crippen LogP contribution in [0, 0.1) is 5.92 Å². The highest BCUT2D eigenvalue weighted by molar-refractivity contribution is 5.41. The minimum atomic E-state index is 0.586. The van der Waals surface area contributed by atoms with Crippen molar-refractivity contribution in [2.45, 2.75) is 50.6 Å². The maximum Gasteiger partial charge on any atom is 0.119 e. The van der Waals surface area contributed by atoms with Crippen LogP contribution in [0.2, 0.25) is 0 Å². The number of benzene rings is 2. The van der Waals surface area contributed by atoms with Crippen molar-refractivity contribution in [1.82, 2.24) is 4.90 Å². The first-order valence-corrected chi connectivity index (χ1v) is 9.81. The quantitative estimate of drug-likeness (QED) is 0.799. The summed E-state index contributed by atoms with van der Waals surface area (Å²) in [5.74, 6) is 1.82. The number of methoxy groups -OCH3 is 1. The lowest BCUT2D eigenvalue weighted by Crippen LogP contribution is -2.47. The van der Waals surface area contributed by atoms with Gasteiger partial charge in [0.1, 0.15) is 5.75 Å². The third-order valence-corrected chi connectivity index (χ3v) is 6.73. The number of hydrogen-bond donors (Lipinski definition) is 0. The molecule has 2 heteroatoms. The maximum atomic E-state index is 5.51. The summed E-state index contributed by atoms with van der Waals surface area (Å²) in [6.07, 6.45) is 7.72. The number of aryl methyl sites for hydroxylation is 1. The van der Waals surface area contributed by atoms with Gasteiger partial charge in [0.05, 0.1) is 7.11 Å². The van der Waals surface area contributed by atoms with Gasteiger partial charge in [0, 0.05) is 18.6 Å². The molecule has 0 unspecified atom stereocenters. The molecule has 2 heterocycles. The Morgan fingerprint density at radius 3 is 2.60 bits per heavy atom. The Morgan fingerprint density at radius 2 is 1.76 bits per heavy atom. The number of hydrogen-bond acceptors (Lipinski definition) is 2. The second-order valence-corrected chi connectivity index (χ2v) is 8.09. The molecule has 1 fully saturated rings.